The van der Waals surface area contributed by atoms with Gasteiger partial charge in [0.15, 0.2) is 0 Å². The van der Waals surface area contributed by atoms with E-state index >= 15 is 0 Å². The maximum atomic E-state index is 13.6. The van der Waals surface area contributed by atoms with Crippen LogP contribution in [0.25, 0.3) is 0 Å². The number of benzene rings is 3. The van der Waals surface area contributed by atoms with Crippen LogP contribution >= 0.6 is 8.07 Å². The Morgan fingerprint density at radius 1 is 0.540 bits per heavy atom. The summed E-state index contributed by atoms with van der Waals surface area (Å²) < 4.78 is 58.8. The van der Waals surface area contributed by atoms with Gasteiger partial charge in [-0.05, 0) is 81.0 Å². The first kappa shape index (κ1) is 70.3. The fourth-order valence-electron chi connectivity index (χ4n) is 8.28. The molecule has 0 saturated heterocycles. The normalized spacial score (nSPS) is 11.5. The van der Waals surface area contributed by atoms with E-state index in [-0.39, 0.29) is 33.6 Å². The third kappa shape index (κ3) is 22.5. The molecule has 0 unspecified atom stereocenters. The molecule has 0 fully saturated rings. The molecule has 14 heteroatoms. The molecule has 0 heterocycles. The van der Waals surface area contributed by atoms with Crippen LogP contribution in [0.4, 0.5) is 0 Å². The van der Waals surface area contributed by atoms with Crippen molar-refractivity contribution in [2.45, 2.75) is 142 Å². The third-order valence-corrected chi connectivity index (χ3v) is 26.9. The third-order valence-electron chi connectivity index (χ3n) is 10.5. The van der Waals surface area contributed by atoms with Gasteiger partial charge in [-0.25, -0.2) is 4.21 Å². The van der Waals surface area contributed by atoms with Crippen molar-refractivity contribution in [1.82, 2.24) is 4.08 Å². The Balaban J connectivity index is -0.000000299. The molecule has 0 aliphatic heterocycles. The molecule has 0 saturated carbocycles. The van der Waals surface area contributed by atoms with Gasteiger partial charge in [0.25, 0.3) is 0 Å². The van der Waals surface area contributed by atoms with Gasteiger partial charge in [-0.15, -0.1) is 0 Å². The van der Waals surface area contributed by atoms with Crippen LogP contribution in [0.5, 0.6) is 0 Å². The molecule has 0 aliphatic carbocycles. The van der Waals surface area contributed by atoms with Gasteiger partial charge in [-0.2, -0.15) is 4.08 Å². The summed E-state index contributed by atoms with van der Waals surface area (Å²) in [4.78, 5) is 0.862. The summed E-state index contributed by atoms with van der Waals surface area (Å²) in [5, 5.41) is 2.44. The average Bonchev–Trinajstić information content (AvgIpc) is 3.24. The number of aryl methyl sites for hydroxylation is 1. The Bertz CT molecular complexity index is 1560. The van der Waals surface area contributed by atoms with Gasteiger partial charge in [0.1, 0.15) is 11.0 Å². The fourth-order valence-corrected chi connectivity index (χ4v) is 23.6. The summed E-state index contributed by atoms with van der Waals surface area (Å²) in [5.41, 5.74) is 4.78. The molecular formula is C49H72Co2NO7PSSi2. The molecule has 0 amide bonds. The minimum Gasteiger partial charge on any atom is 0 e. The molecule has 3 aromatic rings. The zero-order chi connectivity index (χ0) is 47.9. The second-order valence-electron chi connectivity index (χ2n) is 16.5. The van der Waals surface area contributed by atoms with E-state index in [9.17, 15) is 4.21 Å². The summed E-state index contributed by atoms with van der Waals surface area (Å²) in [6.45, 7) is 54.1. The van der Waals surface area contributed by atoms with Crippen LogP contribution in [-0.2, 0) is 72.0 Å². The molecule has 8 nitrogen and oxygen atoms in total. The SMILES string of the molecule is CC(C)[Si](OC[C]=[C]CO[Si](C(C)C)(C(C)C)C(C)C)(C(C)C)C(C)C.Cc1ccc([S@](=O)N(CC(C)C)P(c2ccccc2)c2ccccc2)cc1.[C-]#[O+].[C-]#[O+].[C-]#[O+].[C-]#[O+].[Co].[Co]. The topological polar surface area (TPSA) is 118 Å². The maximum absolute atomic E-state index is 13.6. The molecule has 0 aliphatic rings. The molecule has 0 spiro atoms. The van der Waals surface area contributed by atoms with Crippen LogP contribution in [0.2, 0.25) is 33.2 Å². The molecule has 3 rings (SSSR count). The monoisotopic (exact) mass is 1020 g/mol. The van der Waals surface area contributed by atoms with E-state index in [1.165, 1.54) is 16.2 Å². The van der Waals surface area contributed by atoms with E-state index in [1.807, 2.05) is 36.4 Å². The fraction of sp³-hybridized carbons (Fsp3) is 0.510. The van der Waals surface area contributed by atoms with Crippen LogP contribution in [0, 0.1) is 51.6 Å². The quantitative estimate of drug-likeness (QED) is 0.0515. The Morgan fingerprint density at radius 2 is 0.825 bits per heavy atom. The summed E-state index contributed by atoms with van der Waals surface area (Å²) in [6, 6.07) is 29.0. The van der Waals surface area contributed by atoms with E-state index < -0.39 is 35.7 Å². The summed E-state index contributed by atoms with van der Waals surface area (Å²) in [5.74, 6) is 0.414. The Hall–Kier alpha value is -1.73. The van der Waals surface area contributed by atoms with E-state index in [2.05, 4.69) is 195 Å². The standard InChI is InChI=1S/C23H26NOPS.C22H46O2Si2.4CO.2Co/c1-19(2)18-24(27(25)23-16-14-20(3)15-17-23)26(21-10-6-4-7-11-21)22-12-8-5-9-13-22;1-17(2)25(18(3)4,19(5)6)23-15-13-14-16-24-26(20(7)8,21(9)10)22(11)12;4*1-2;;/h4-17,19H,18H2,1-3H3;17-22H,15-16H2,1-12H3;;;;;;/t27-;;;;;;;/m0......./s1. The minimum atomic E-state index is -1.81. The van der Waals surface area contributed by atoms with Crippen LogP contribution in [-0.4, -0.2) is 44.7 Å². The first-order valence-electron chi connectivity index (χ1n) is 20.6. The second kappa shape index (κ2) is 39.4. The molecule has 0 bridgehead atoms. The largest absolute Gasteiger partial charge is 0 e. The molecule has 1 atom stereocenters. The van der Waals surface area contributed by atoms with E-state index in [0.717, 1.165) is 11.4 Å². The summed E-state index contributed by atoms with van der Waals surface area (Å²) >= 11 is 0. The zero-order valence-corrected chi connectivity index (χ0v) is 45.9. The van der Waals surface area contributed by atoms with Crippen molar-refractivity contribution in [3.05, 3.63) is 129 Å². The molecule has 63 heavy (non-hydrogen) atoms. The van der Waals surface area contributed by atoms with E-state index in [0.29, 0.717) is 52.4 Å². The molecular weight excluding hydrogens is 952 g/mol. The summed E-state index contributed by atoms with van der Waals surface area (Å²) in [7, 11) is -5.73. The average molecular weight is 1020 g/mol. The minimum absolute atomic E-state index is 0. The molecule has 3 aromatic carbocycles. The van der Waals surface area contributed by atoms with Crippen molar-refractivity contribution in [3.8, 4) is 0 Å². The number of hydrogen-bond acceptors (Lipinski definition) is 3. The Labute approximate surface area is 409 Å². The van der Waals surface area contributed by atoms with E-state index in [4.69, 9.17) is 27.5 Å². The van der Waals surface area contributed by atoms with Crippen LogP contribution < -0.4 is 10.6 Å². The van der Waals surface area contributed by atoms with Crippen LogP contribution in [0.1, 0.15) is 102 Å². The predicted octanol–water partition coefficient (Wildman–Crippen LogP) is 12.4. The first-order valence-corrected chi connectivity index (χ1v) is 27.3. The predicted molar refractivity (Wildman–Crippen MR) is 254 cm³/mol. The van der Waals surface area contributed by atoms with Crippen LogP contribution in [0.15, 0.2) is 89.8 Å². The summed E-state index contributed by atoms with van der Waals surface area (Å²) in [6.07, 6.45) is 6.51. The smallest absolute Gasteiger partial charge is 0 e. The first-order chi connectivity index (χ1) is 28.9. The molecule has 0 aromatic heterocycles. The van der Waals surface area contributed by atoms with Gasteiger partial charge in [-0.1, -0.05) is 175 Å². The van der Waals surface area contributed by atoms with Crippen molar-refractivity contribution >= 4 is 46.3 Å². The Kier molecular flexibility index (Phi) is 44.0. The van der Waals surface area contributed by atoms with Crippen molar-refractivity contribution in [2.24, 2.45) is 5.92 Å². The van der Waals surface area contributed by atoms with Gasteiger partial charge in [0, 0.05) is 48.2 Å². The van der Waals surface area contributed by atoms with Crippen molar-refractivity contribution in [1.29, 1.82) is 0 Å². The second-order valence-corrected chi connectivity index (χ2v) is 31.3. The molecule has 352 valence electrons. The zero-order valence-electron chi connectivity index (χ0n) is 40.1. The number of hydrogen-bond donors (Lipinski definition) is 0. The molecule has 4 radical (unpaired) electrons. The van der Waals surface area contributed by atoms with Gasteiger partial charge in [0.05, 0.1) is 18.1 Å². The van der Waals surface area contributed by atoms with Gasteiger partial charge in [0.2, 0.25) is 16.6 Å². The van der Waals surface area contributed by atoms with E-state index in [1.54, 1.807) is 0 Å². The molecule has 0 N–H and O–H groups in total. The Morgan fingerprint density at radius 3 is 1.08 bits per heavy atom. The van der Waals surface area contributed by atoms with Crippen molar-refractivity contribution in [2.75, 3.05) is 19.8 Å². The van der Waals surface area contributed by atoms with Crippen molar-refractivity contribution < 1.29 is 65.2 Å². The number of nitrogens with zero attached hydrogens (tertiary/aromatic N) is 1. The van der Waals surface area contributed by atoms with Crippen LogP contribution in [0.3, 0.4) is 0 Å². The van der Waals surface area contributed by atoms with Gasteiger partial charge >= 0.3 is 45.2 Å². The maximum Gasteiger partial charge on any atom is 0 e. The number of rotatable bonds is 19. The van der Waals surface area contributed by atoms with Gasteiger partial charge < -0.3 is 8.85 Å². The van der Waals surface area contributed by atoms with Gasteiger partial charge in [-0.3, -0.25) is 0 Å². The van der Waals surface area contributed by atoms with Crippen molar-refractivity contribution in [3.63, 3.8) is 0 Å².